The highest BCUT2D eigenvalue weighted by atomic mass is 15.0. The molecule has 2 heterocycles. The first-order valence-electron chi connectivity index (χ1n) is 15.6. The first kappa shape index (κ1) is 28.7. The van der Waals surface area contributed by atoms with Crippen molar-refractivity contribution in [2.24, 2.45) is 0 Å². The van der Waals surface area contributed by atoms with Crippen molar-refractivity contribution < 1.29 is 0 Å². The monoisotopic (exact) mass is 586 g/mol. The van der Waals surface area contributed by atoms with E-state index in [-0.39, 0.29) is 10.8 Å². The molecule has 0 spiro atoms. The summed E-state index contributed by atoms with van der Waals surface area (Å²) in [7, 11) is 0. The van der Waals surface area contributed by atoms with Crippen molar-refractivity contribution in [1.82, 2.24) is 19.5 Å². The van der Waals surface area contributed by atoms with Gasteiger partial charge in [0.2, 0.25) is 0 Å². The topological polar surface area (TPSA) is 43.6 Å². The summed E-state index contributed by atoms with van der Waals surface area (Å²) in [6.07, 6.45) is 0. The molecule has 0 aliphatic rings. The van der Waals surface area contributed by atoms with Gasteiger partial charge in [0.25, 0.3) is 0 Å². The second-order valence-electron chi connectivity index (χ2n) is 13.9. The second kappa shape index (κ2) is 10.8. The van der Waals surface area contributed by atoms with Gasteiger partial charge in [-0.3, -0.25) is 0 Å². The molecule has 0 N–H and O–H groups in total. The minimum atomic E-state index is 0.0631. The van der Waals surface area contributed by atoms with Crippen LogP contribution in [0.4, 0.5) is 0 Å². The van der Waals surface area contributed by atoms with Crippen LogP contribution >= 0.6 is 0 Å². The van der Waals surface area contributed by atoms with Crippen LogP contribution in [0.3, 0.4) is 0 Å². The Hall–Kier alpha value is -5.09. The highest BCUT2D eigenvalue weighted by Crippen LogP contribution is 2.38. The van der Waals surface area contributed by atoms with Gasteiger partial charge in [0.15, 0.2) is 17.5 Å². The van der Waals surface area contributed by atoms with Crippen LogP contribution in [-0.4, -0.2) is 19.5 Å². The third kappa shape index (κ3) is 5.42. The van der Waals surface area contributed by atoms with E-state index in [0.717, 1.165) is 22.4 Å². The summed E-state index contributed by atoms with van der Waals surface area (Å²) in [6, 6.07) is 42.7. The molecular formula is C41H38N4. The van der Waals surface area contributed by atoms with Crippen molar-refractivity contribution in [3.05, 3.63) is 132 Å². The normalized spacial score (nSPS) is 12.2. The van der Waals surface area contributed by atoms with Gasteiger partial charge in [0.1, 0.15) is 0 Å². The predicted octanol–water partition coefficient (Wildman–Crippen LogP) is 10.6. The Morgan fingerprint density at radius 2 is 0.800 bits per heavy atom. The lowest BCUT2D eigenvalue weighted by Gasteiger charge is -2.19. The molecule has 7 aromatic rings. The second-order valence-corrected chi connectivity index (χ2v) is 13.9. The van der Waals surface area contributed by atoms with Gasteiger partial charge in [-0.1, -0.05) is 114 Å². The lowest BCUT2D eigenvalue weighted by Crippen LogP contribution is -2.10. The fourth-order valence-corrected chi connectivity index (χ4v) is 5.93. The molecule has 0 amide bonds. The Morgan fingerprint density at radius 3 is 1.18 bits per heavy atom. The zero-order valence-electron chi connectivity index (χ0n) is 26.8. The van der Waals surface area contributed by atoms with Gasteiger partial charge in [-0.05, 0) is 70.5 Å². The van der Waals surface area contributed by atoms with E-state index in [1.807, 2.05) is 60.7 Å². The summed E-state index contributed by atoms with van der Waals surface area (Å²) in [6.45, 7) is 13.7. The Balaban J connectivity index is 1.38. The van der Waals surface area contributed by atoms with Crippen molar-refractivity contribution in [2.75, 3.05) is 0 Å². The van der Waals surface area contributed by atoms with Crippen LogP contribution in [0.1, 0.15) is 52.7 Å². The molecule has 0 saturated heterocycles. The van der Waals surface area contributed by atoms with Crippen molar-refractivity contribution in [2.45, 2.75) is 52.4 Å². The van der Waals surface area contributed by atoms with Crippen molar-refractivity contribution in [1.29, 1.82) is 0 Å². The van der Waals surface area contributed by atoms with Gasteiger partial charge in [-0.25, -0.2) is 15.0 Å². The highest BCUT2D eigenvalue weighted by Gasteiger charge is 2.21. The summed E-state index contributed by atoms with van der Waals surface area (Å²) in [5, 5.41) is 2.56. The first-order valence-corrected chi connectivity index (χ1v) is 15.6. The lowest BCUT2D eigenvalue weighted by molar-refractivity contribution is 0.590. The summed E-state index contributed by atoms with van der Waals surface area (Å²) in [5.41, 5.74) is 9.18. The van der Waals surface area contributed by atoms with E-state index in [4.69, 9.17) is 15.0 Å². The molecule has 2 aromatic heterocycles. The Morgan fingerprint density at radius 1 is 0.422 bits per heavy atom. The third-order valence-corrected chi connectivity index (χ3v) is 8.58. The van der Waals surface area contributed by atoms with Crippen LogP contribution in [0.5, 0.6) is 0 Å². The van der Waals surface area contributed by atoms with E-state index in [9.17, 15) is 0 Å². The molecule has 0 unspecified atom stereocenters. The average molecular weight is 587 g/mol. The third-order valence-electron chi connectivity index (χ3n) is 8.58. The lowest BCUT2D eigenvalue weighted by atomic mass is 9.85. The van der Waals surface area contributed by atoms with E-state index in [1.54, 1.807) is 0 Å². The molecule has 4 heteroatoms. The fourth-order valence-electron chi connectivity index (χ4n) is 5.93. The van der Waals surface area contributed by atoms with E-state index < -0.39 is 0 Å². The smallest absolute Gasteiger partial charge is 0.164 e. The summed E-state index contributed by atoms with van der Waals surface area (Å²) in [4.78, 5) is 14.7. The van der Waals surface area contributed by atoms with Crippen molar-refractivity contribution >= 4 is 21.8 Å². The standard InChI is InChI=1S/C41H38N4/c1-40(2,3)30-19-23-35-33(25-30)34-26-31(41(4,5)6)20-24-36(34)45(35)32-21-17-29(18-22-32)39-43-37(27-13-9-7-10-14-27)42-38(44-39)28-15-11-8-12-16-28/h7-26H,1-6H3. The molecule has 0 aliphatic heterocycles. The van der Waals surface area contributed by atoms with Crippen LogP contribution in [0.15, 0.2) is 121 Å². The number of hydrogen-bond acceptors (Lipinski definition) is 3. The number of benzene rings is 5. The van der Waals surface area contributed by atoms with E-state index in [2.05, 4.69) is 107 Å². The maximum absolute atomic E-state index is 4.93. The molecule has 0 radical (unpaired) electrons. The van der Waals surface area contributed by atoms with Gasteiger partial charge in [-0.15, -0.1) is 0 Å². The van der Waals surface area contributed by atoms with Crippen molar-refractivity contribution in [3.8, 4) is 39.9 Å². The van der Waals surface area contributed by atoms with Crippen molar-refractivity contribution in [3.63, 3.8) is 0 Å². The molecule has 0 fully saturated rings. The molecule has 5 aromatic carbocycles. The molecule has 0 bridgehead atoms. The number of hydrogen-bond donors (Lipinski definition) is 0. The van der Waals surface area contributed by atoms with Gasteiger partial charge in [0, 0.05) is 33.2 Å². The number of fused-ring (bicyclic) bond motifs is 3. The molecule has 7 rings (SSSR count). The van der Waals surface area contributed by atoms with E-state index in [0.29, 0.717) is 17.5 Å². The Kier molecular flexibility index (Phi) is 6.89. The summed E-state index contributed by atoms with van der Waals surface area (Å²) in [5.74, 6) is 1.98. The average Bonchev–Trinajstić information content (AvgIpc) is 3.38. The molecule has 45 heavy (non-hydrogen) atoms. The van der Waals surface area contributed by atoms with Gasteiger partial charge in [0.05, 0.1) is 11.0 Å². The predicted molar refractivity (Wildman–Crippen MR) is 188 cm³/mol. The Bertz CT molecular complexity index is 2020. The minimum absolute atomic E-state index is 0.0631. The summed E-state index contributed by atoms with van der Waals surface area (Å²) >= 11 is 0. The van der Waals surface area contributed by atoms with Gasteiger partial charge in [-0.2, -0.15) is 0 Å². The first-order chi connectivity index (χ1) is 21.6. The summed E-state index contributed by atoms with van der Waals surface area (Å²) < 4.78 is 2.38. The van der Waals surface area contributed by atoms with Crippen LogP contribution < -0.4 is 0 Å². The number of aromatic nitrogens is 4. The molecule has 0 saturated carbocycles. The van der Waals surface area contributed by atoms with Crippen LogP contribution in [0.2, 0.25) is 0 Å². The van der Waals surface area contributed by atoms with Gasteiger partial charge < -0.3 is 4.57 Å². The van der Waals surface area contributed by atoms with E-state index >= 15 is 0 Å². The number of nitrogens with zero attached hydrogens (tertiary/aromatic N) is 4. The minimum Gasteiger partial charge on any atom is -0.309 e. The highest BCUT2D eigenvalue weighted by molar-refractivity contribution is 6.10. The maximum atomic E-state index is 4.93. The quantitative estimate of drug-likeness (QED) is 0.206. The zero-order chi connectivity index (χ0) is 31.3. The maximum Gasteiger partial charge on any atom is 0.164 e. The van der Waals surface area contributed by atoms with Crippen LogP contribution in [0, 0.1) is 0 Å². The molecular weight excluding hydrogens is 548 g/mol. The van der Waals surface area contributed by atoms with Gasteiger partial charge >= 0.3 is 0 Å². The van der Waals surface area contributed by atoms with Crippen LogP contribution in [-0.2, 0) is 10.8 Å². The number of rotatable bonds is 4. The SMILES string of the molecule is CC(C)(C)c1ccc2c(c1)c1cc(C(C)(C)C)ccc1n2-c1ccc(-c2nc(-c3ccccc3)nc(-c3ccccc3)n2)cc1. The largest absolute Gasteiger partial charge is 0.309 e. The van der Waals surface area contributed by atoms with Crippen LogP contribution in [0.25, 0.3) is 61.7 Å². The molecule has 0 atom stereocenters. The molecule has 4 nitrogen and oxygen atoms in total. The fraction of sp³-hybridized carbons (Fsp3) is 0.195. The van der Waals surface area contributed by atoms with E-state index in [1.165, 1.54) is 32.9 Å². The zero-order valence-corrected chi connectivity index (χ0v) is 26.8. The Labute approximate surface area is 265 Å². The molecule has 222 valence electrons. The molecule has 0 aliphatic carbocycles.